The summed E-state index contributed by atoms with van der Waals surface area (Å²) in [7, 11) is 0. The monoisotopic (exact) mass is 305 g/mol. The van der Waals surface area contributed by atoms with Gasteiger partial charge < -0.3 is 10.6 Å². The van der Waals surface area contributed by atoms with Gasteiger partial charge in [-0.15, -0.1) is 11.3 Å². The molecule has 108 valence electrons. The molecule has 1 atom stereocenters. The molecule has 1 aromatic heterocycles. The van der Waals surface area contributed by atoms with Crippen molar-refractivity contribution in [2.45, 2.75) is 19.3 Å². The number of halogens is 1. The maximum atomic E-state index is 13.2. The summed E-state index contributed by atoms with van der Waals surface area (Å²) < 4.78 is 13.2. The SMILES string of the molecule is Cc1cnc(NC(=O)C2CC(=O)Nc3cc(F)ccc32)s1. The second-order valence-corrected chi connectivity index (χ2v) is 6.04. The van der Waals surface area contributed by atoms with Gasteiger partial charge in [-0.3, -0.25) is 9.59 Å². The highest BCUT2D eigenvalue weighted by molar-refractivity contribution is 7.15. The minimum atomic E-state index is -0.640. The zero-order valence-electron chi connectivity index (χ0n) is 11.1. The second kappa shape index (κ2) is 5.25. The number of hydrogen-bond acceptors (Lipinski definition) is 4. The summed E-state index contributed by atoms with van der Waals surface area (Å²) in [6.07, 6.45) is 1.70. The largest absolute Gasteiger partial charge is 0.326 e. The molecule has 1 aliphatic heterocycles. The molecule has 0 fully saturated rings. The van der Waals surface area contributed by atoms with E-state index in [1.54, 1.807) is 6.20 Å². The molecule has 1 aliphatic rings. The minimum absolute atomic E-state index is 0.0365. The van der Waals surface area contributed by atoms with Crippen molar-refractivity contribution in [1.29, 1.82) is 0 Å². The molecule has 2 amide bonds. The Kier molecular flexibility index (Phi) is 3.42. The van der Waals surface area contributed by atoms with Crippen molar-refractivity contribution in [1.82, 2.24) is 4.98 Å². The predicted octanol–water partition coefficient (Wildman–Crippen LogP) is 2.66. The van der Waals surface area contributed by atoms with Crippen LogP contribution in [-0.2, 0) is 9.59 Å². The summed E-state index contributed by atoms with van der Waals surface area (Å²) in [4.78, 5) is 29.1. The van der Waals surface area contributed by atoms with Crippen molar-refractivity contribution in [2.24, 2.45) is 0 Å². The third-order valence-corrected chi connectivity index (χ3v) is 4.05. The molecule has 1 aromatic carbocycles. The van der Waals surface area contributed by atoms with Crippen LogP contribution >= 0.6 is 11.3 Å². The van der Waals surface area contributed by atoms with Crippen LogP contribution in [0.4, 0.5) is 15.2 Å². The van der Waals surface area contributed by atoms with Gasteiger partial charge in [-0.1, -0.05) is 6.07 Å². The highest BCUT2D eigenvalue weighted by Gasteiger charge is 2.31. The van der Waals surface area contributed by atoms with Crippen LogP contribution in [0.2, 0.25) is 0 Å². The molecule has 0 spiro atoms. The normalized spacial score (nSPS) is 17.0. The first-order chi connectivity index (χ1) is 10.0. The van der Waals surface area contributed by atoms with Crippen molar-refractivity contribution in [3.63, 3.8) is 0 Å². The number of carbonyl (C=O) groups excluding carboxylic acids is 2. The number of hydrogen-bond donors (Lipinski definition) is 2. The van der Waals surface area contributed by atoms with Gasteiger partial charge in [-0.05, 0) is 24.6 Å². The number of thiazole rings is 1. The molecule has 0 bridgehead atoms. The van der Waals surface area contributed by atoms with Gasteiger partial charge in [0.05, 0.1) is 5.92 Å². The van der Waals surface area contributed by atoms with Gasteiger partial charge in [-0.2, -0.15) is 0 Å². The van der Waals surface area contributed by atoms with Crippen LogP contribution in [0.3, 0.4) is 0 Å². The maximum Gasteiger partial charge on any atom is 0.234 e. The van der Waals surface area contributed by atoms with E-state index in [0.717, 1.165) is 4.88 Å². The fourth-order valence-corrected chi connectivity index (χ4v) is 2.94. The molecule has 7 heteroatoms. The fourth-order valence-electron chi connectivity index (χ4n) is 2.28. The minimum Gasteiger partial charge on any atom is -0.326 e. The van der Waals surface area contributed by atoms with E-state index in [1.807, 2.05) is 6.92 Å². The fraction of sp³-hybridized carbons (Fsp3) is 0.214. The van der Waals surface area contributed by atoms with Crippen LogP contribution in [0.15, 0.2) is 24.4 Å². The first kappa shape index (κ1) is 13.7. The van der Waals surface area contributed by atoms with Crippen LogP contribution in [0, 0.1) is 12.7 Å². The van der Waals surface area contributed by atoms with Crippen LogP contribution in [0.1, 0.15) is 22.8 Å². The Labute approximate surface area is 124 Å². The van der Waals surface area contributed by atoms with Crippen LogP contribution in [-0.4, -0.2) is 16.8 Å². The molecule has 2 aromatic rings. The lowest BCUT2D eigenvalue weighted by molar-refractivity contribution is -0.123. The number of amides is 2. The molecule has 0 saturated heterocycles. The lowest BCUT2D eigenvalue weighted by Gasteiger charge is -2.24. The first-order valence-electron chi connectivity index (χ1n) is 6.35. The van der Waals surface area contributed by atoms with E-state index in [2.05, 4.69) is 15.6 Å². The van der Waals surface area contributed by atoms with E-state index >= 15 is 0 Å². The van der Waals surface area contributed by atoms with Crippen molar-refractivity contribution >= 4 is 34.0 Å². The number of benzene rings is 1. The molecule has 2 heterocycles. The van der Waals surface area contributed by atoms with Gasteiger partial charge in [0.1, 0.15) is 5.82 Å². The van der Waals surface area contributed by atoms with Gasteiger partial charge in [0.25, 0.3) is 0 Å². The van der Waals surface area contributed by atoms with E-state index in [1.165, 1.54) is 29.5 Å². The smallest absolute Gasteiger partial charge is 0.234 e. The number of nitrogens with zero attached hydrogens (tertiary/aromatic N) is 1. The Balaban J connectivity index is 1.88. The number of rotatable bonds is 2. The van der Waals surface area contributed by atoms with Gasteiger partial charge in [0.2, 0.25) is 11.8 Å². The van der Waals surface area contributed by atoms with Crippen molar-refractivity contribution < 1.29 is 14.0 Å². The third kappa shape index (κ3) is 2.78. The number of nitrogens with one attached hydrogen (secondary N) is 2. The number of aromatic nitrogens is 1. The first-order valence-corrected chi connectivity index (χ1v) is 7.17. The van der Waals surface area contributed by atoms with E-state index in [-0.39, 0.29) is 18.2 Å². The summed E-state index contributed by atoms with van der Waals surface area (Å²) >= 11 is 1.36. The summed E-state index contributed by atoms with van der Waals surface area (Å²) in [5.74, 6) is -1.71. The van der Waals surface area contributed by atoms with E-state index in [0.29, 0.717) is 16.4 Å². The molecule has 3 rings (SSSR count). The molecule has 21 heavy (non-hydrogen) atoms. The third-order valence-electron chi connectivity index (χ3n) is 3.22. The van der Waals surface area contributed by atoms with E-state index in [4.69, 9.17) is 0 Å². The molecule has 1 unspecified atom stereocenters. The van der Waals surface area contributed by atoms with Crippen molar-refractivity contribution in [3.05, 3.63) is 40.7 Å². The molecular weight excluding hydrogens is 293 g/mol. The second-order valence-electron chi connectivity index (χ2n) is 4.80. The lowest BCUT2D eigenvalue weighted by atomic mass is 9.90. The van der Waals surface area contributed by atoms with Gasteiger partial charge >= 0.3 is 0 Å². The Morgan fingerprint density at radius 3 is 3.05 bits per heavy atom. The molecule has 0 saturated carbocycles. The van der Waals surface area contributed by atoms with Crippen molar-refractivity contribution in [2.75, 3.05) is 10.6 Å². The Morgan fingerprint density at radius 2 is 2.33 bits per heavy atom. The number of aryl methyl sites for hydroxylation is 1. The Bertz CT molecular complexity index is 729. The molecule has 2 N–H and O–H groups in total. The maximum absolute atomic E-state index is 13.2. The van der Waals surface area contributed by atoms with E-state index < -0.39 is 11.7 Å². The van der Waals surface area contributed by atoms with Gasteiger partial charge in [0, 0.05) is 23.2 Å². The van der Waals surface area contributed by atoms with Crippen molar-refractivity contribution in [3.8, 4) is 0 Å². The number of anilines is 2. The summed E-state index contributed by atoms with van der Waals surface area (Å²) in [6, 6.07) is 4.03. The molecule has 5 nitrogen and oxygen atoms in total. The standard InChI is InChI=1S/C14H12FN3O2S/c1-7-6-16-14(21-7)18-13(20)10-5-12(19)17-11-4-8(15)2-3-9(10)11/h2-4,6,10H,5H2,1H3,(H,17,19)(H,16,18,20). The van der Waals surface area contributed by atoms with Crippen LogP contribution in [0.5, 0.6) is 0 Å². The average molecular weight is 305 g/mol. The zero-order chi connectivity index (χ0) is 15.0. The Hall–Kier alpha value is -2.28. The molecule has 0 radical (unpaired) electrons. The summed E-state index contributed by atoms with van der Waals surface area (Å²) in [5.41, 5.74) is 0.962. The zero-order valence-corrected chi connectivity index (χ0v) is 12.0. The van der Waals surface area contributed by atoms with Crippen LogP contribution in [0.25, 0.3) is 0 Å². The molecule has 0 aliphatic carbocycles. The van der Waals surface area contributed by atoms with Gasteiger partial charge in [0.15, 0.2) is 5.13 Å². The number of fused-ring (bicyclic) bond motifs is 1. The van der Waals surface area contributed by atoms with Crippen LogP contribution < -0.4 is 10.6 Å². The predicted molar refractivity (Wildman–Crippen MR) is 77.9 cm³/mol. The number of carbonyl (C=O) groups is 2. The lowest BCUT2D eigenvalue weighted by Crippen LogP contribution is -2.30. The highest BCUT2D eigenvalue weighted by Crippen LogP contribution is 2.33. The van der Waals surface area contributed by atoms with Gasteiger partial charge in [-0.25, -0.2) is 9.37 Å². The highest BCUT2D eigenvalue weighted by atomic mass is 32.1. The average Bonchev–Trinajstić information content (AvgIpc) is 2.82. The van der Waals surface area contributed by atoms with E-state index in [9.17, 15) is 14.0 Å². The quantitative estimate of drug-likeness (QED) is 0.896. The topological polar surface area (TPSA) is 71.1 Å². The molecular formula is C14H12FN3O2S. The summed E-state index contributed by atoms with van der Waals surface area (Å²) in [5, 5.41) is 5.78. The summed E-state index contributed by atoms with van der Waals surface area (Å²) in [6.45, 7) is 1.89. The Morgan fingerprint density at radius 1 is 1.52 bits per heavy atom.